The molecule has 1 aliphatic carbocycles. The molecule has 1 aliphatic heterocycles. The van der Waals surface area contributed by atoms with E-state index >= 15 is 0 Å². The van der Waals surface area contributed by atoms with E-state index < -0.39 is 0 Å². The van der Waals surface area contributed by atoms with Gasteiger partial charge in [-0.1, -0.05) is 36.4 Å². The highest BCUT2D eigenvalue weighted by molar-refractivity contribution is 14.0. The van der Waals surface area contributed by atoms with Crippen LogP contribution in [0.1, 0.15) is 35.7 Å². The molecule has 2 aromatic rings. The van der Waals surface area contributed by atoms with Gasteiger partial charge in [0, 0.05) is 36.5 Å². The minimum absolute atomic E-state index is 0. The number of guanidine groups is 1. The van der Waals surface area contributed by atoms with Crippen LogP contribution in [0.3, 0.4) is 0 Å². The van der Waals surface area contributed by atoms with Gasteiger partial charge in [-0.05, 0) is 30.4 Å². The molecule has 1 saturated heterocycles. The first-order valence-corrected chi connectivity index (χ1v) is 11.2. The van der Waals surface area contributed by atoms with Crippen molar-refractivity contribution in [2.24, 2.45) is 4.99 Å². The number of nitrogens with one attached hydrogen (secondary N) is 2. The summed E-state index contributed by atoms with van der Waals surface area (Å²) >= 11 is 1.82. The monoisotopic (exact) mass is 526 g/mol. The first-order valence-electron chi connectivity index (χ1n) is 10.3. The van der Waals surface area contributed by atoms with Crippen molar-refractivity contribution in [3.8, 4) is 0 Å². The zero-order valence-corrected chi connectivity index (χ0v) is 20.1. The van der Waals surface area contributed by atoms with Gasteiger partial charge < -0.3 is 15.4 Å². The molecule has 1 saturated carbocycles. The second kappa shape index (κ2) is 11.3. The van der Waals surface area contributed by atoms with Gasteiger partial charge in [0.25, 0.3) is 0 Å². The third-order valence-electron chi connectivity index (χ3n) is 5.46. The van der Waals surface area contributed by atoms with Crippen LogP contribution in [0.15, 0.2) is 52.8 Å². The number of morpholine rings is 1. The number of hydrogen-bond acceptors (Lipinski definition) is 4. The maximum Gasteiger partial charge on any atom is 0.191 e. The Kier molecular flexibility index (Phi) is 8.77. The van der Waals surface area contributed by atoms with Crippen molar-refractivity contribution in [1.82, 2.24) is 15.5 Å². The number of nitrogens with zero attached hydrogens (tertiary/aromatic N) is 2. The van der Waals surface area contributed by atoms with Gasteiger partial charge in [-0.25, -0.2) is 0 Å². The van der Waals surface area contributed by atoms with E-state index in [9.17, 15) is 0 Å². The van der Waals surface area contributed by atoms with Gasteiger partial charge in [0.1, 0.15) is 0 Å². The quantitative estimate of drug-likeness (QED) is 0.327. The fourth-order valence-corrected chi connectivity index (χ4v) is 4.70. The summed E-state index contributed by atoms with van der Waals surface area (Å²) in [5, 5.41) is 9.23. The van der Waals surface area contributed by atoms with Gasteiger partial charge in [0.05, 0.1) is 25.8 Å². The lowest BCUT2D eigenvalue weighted by Gasteiger charge is -2.33. The van der Waals surface area contributed by atoms with Crippen LogP contribution in [0, 0.1) is 0 Å². The number of benzene rings is 1. The van der Waals surface area contributed by atoms with Crippen molar-refractivity contribution in [2.75, 3.05) is 39.4 Å². The Morgan fingerprint density at radius 2 is 2.00 bits per heavy atom. The molecule has 7 heteroatoms. The van der Waals surface area contributed by atoms with Crippen LogP contribution in [0.4, 0.5) is 0 Å². The van der Waals surface area contributed by atoms with Gasteiger partial charge in [-0.15, -0.1) is 35.3 Å². The average molecular weight is 526 g/mol. The summed E-state index contributed by atoms with van der Waals surface area (Å²) in [5.41, 5.74) is 1.42. The van der Waals surface area contributed by atoms with Crippen molar-refractivity contribution >= 4 is 41.3 Å². The van der Waals surface area contributed by atoms with E-state index in [0.29, 0.717) is 18.0 Å². The lowest BCUT2D eigenvalue weighted by Crippen LogP contribution is -2.42. The lowest BCUT2D eigenvalue weighted by molar-refractivity contribution is 0.0186. The molecule has 1 aromatic carbocycles. The average Bonchev–Trinajstić information content (AvgIpc) is 3.29. The Hall–Kier alpha value is -1.16. The number of rotatable bonds is 7. The highest BCUT2D eigenvalue weighted by Gasteiger charge is 2.38. The van der Waals surface area contributed by atoms with Crippen LogP contribution in [0.5, 0.6) is 0 Å². The van der Waals surface area contributed by atoms with E-state index in [2.05, 4.69) is 70.3 Å². The highest BCUT2D eigenvalue weighted by atomic mass is 127. The molecule has 0 bridgehead atoms. The van der Waals surface area contributed by atoms with Crippen LogP contribution in [0.2, 0.25) is 0 Å². The molecule has 29 heavy (non-hydrogen) atoms. The van der Waals surface area contributed by atoms with Crippen molar-refractivity contribution in [3.63, 3.8) is 0 Å². The predicted octanol–water partition coefficient (Wildman–Crippen LogP) is 3.85. The maximum atomic E-state index is 5.55. The van der Waals surface area contributed by atoms with Crippen molar-refractivity contribution in [2.45, 2.75) is 31.3 Å². The van der Waals surface area contributed by atoms with Crippen molar-refractivity contribution in [1.29, 1.82) is 0 Å². The number of thiophene rings is 1. The molecule has 3 unspecified atom stereocenters. The Bertz CT molecular complexity index is 749. The largest absolute Gasteiger partial charge is 0.379 e. The van der Waals surface area contributed by atoms with Gasteiger partial charge in [-0.2, -0.15) is 0 Å². The maximum absolute atomic E-state index is 5.55. The summed E-state index contributed by atoms with van der Waals surface area (Å²) in [6.45, 7) is 7.32. The fraction of sp³-hybridized carbons (Fsp3) is 0.500. The molecule has 2 heterocycles. The summed E-state index contributed by atoms with van der Waals surface area (Å²) in [6, 6.07) is 15.9. The molecule has 1 aromatic heterocycles. The van der Waals surface area contributed by atoms with Gasteiger partial charge >= 0.3 is 0 Å². The molecule has 0 spiro atoms. The Labute approximate surface area is 195 Å². The lowest BCUT2D eigenvalue weighted by atomic mass is 10.1. The molecule has 2 fully saturated rings. The summed E-state index contributed by atoms with van der Waals surface area (Å²) in [7, 11) is 0. The predicted molar refractivity (Wildman–Crippen MR) is 132 cm³/mol. The van der Waals surface area contributed by atoms with E-state index in [0.717, 1.165) is 45.4 Å². The molecule has 5 nitrogen and oxygen atoms in total. The van der Waals surface area contributed by atoms with Crippen LogP contribution >= 0.6 is 35.3 Å². The molecule has 4 rings (SSSR count). The Morgan fingerprint density at radius 1 is 1.21 bits per heavy atom. The molecule has 2 aliphatic rings. The summed E-state index contributed by atoms with van der Waals surface area (Å²) in [5.74, 6) is 1.53. The van der Waals surface area contributed by atoms with Crippen LogP contribution in [0.25, 0.3) is 0 Å². The molecule has 158 valence electrons. The third-order valence-corrected chi connectivity index (χ3v) is 6.44. The number of aliphatic imine (C=N–C) groups is 1. The van der Waals surface area contributed by atoms with Gasteiger partial charge in [0.2, 0.25) is 0 Å². The number of halogens is 1. The molecular weight excluding hydrogens is 495 g/mol. The number of ether oxygens (including phenoxy) is 1. The van der Waals surface area contributed by atoms with E-state index in [4.69, 9.17) is 9.73 Å². The summed E-state index contributed by atoms with van der Waals surface area (Å²) < 4.78 is 5.55. The zero-order chi connectivity index (χ0) is 19.2. The van der Waals surface area contributed by atoms with Gasteiger partial charge in [0.15, 0.2) is 5.96 Å². The van der Waals surface area contributed by atoms with Crippen LogP contribution in [-0.2, 0) is 4.74 Å². The minimum atomic E-state index is 0. The summed E-state index contributed by atoms with van der Waals surface area (Å²) in [4.78, 5) is 8.86. The van der Waals surface area contributed by atoms with Crippen molar-refractivity contribution in [3.05, 3.63) is 58.3 Å². The van der Waals surface area contributed by atoms with Gasteiger partial charge in [-0.3, -0.25) is 9.89 Å². The van der Waals surface area contributed by atoms with Crippen molar-refractivity contribution < 1.29 is 4.74 Å². The molecular formula is C22H31IN4OS. The first-order chi connectivity index (χ1) is 13.8. The second-order valence-corrected chi connectivity index (χ2v) is 8.38. The molecule has 2 N–H and O–H groups in total. The first kappa shape index (κ1) is 22.5. The van der Waals surface area contributed by atoms with E-state index in [1.54, 1.807) is 0 Å². The Balaban J connectivity index is 0.00000240. The van der Waals surface area contributed by atoms with E-state index in [1.165, 1.54) is 16.9 Å². The topological polar surface area (TPSA) is 48.9 Å². The SMILES string of the molecule is CCNC(=NCC(c1cccs1)N1CCOCC1)NC1CC1c1ccccc1.I. The second-order valence-electron chi connectivity index (χ2n) is 7.40. The third kappa shape index (κ3) is 6.16. The van der Waals surface area contributed by atoms with Crippen LogP contribution in [-0.4, -0.2) is 56.3 Å². The minimum Gasteiger partial charge on any atom is -0.379 e. The fourth-order valence-electron chi connectivity index (χ4n) is 3.85. The highest BCUT2D eigenvalue weighted by Crippen LogP contribution is 2.40. The number of hydrogen-bond donors (Lipinski definition) is 2. The molecule has 0 radical (unpaired) electrons. The standard InChI is InChI=1S/C22H30N4OS.HI/c1-2-23-22(25-19-15-18(19)17-7-4-3-5-8-17)24-16-20(21-9-6-14-28-21)26-10-12-27-13-11-26;/h3-9,14,18-20H,2,10-13,15-16H2,1H3,(H2,23,24,25);1H. The Morgan fingerprint density at radius 3 is 2.69 bits per heavy atom. The molecule has 3 atom stereocenters. The van der Waals surface area contributed by atoms with Crippen LogP contribution < -0.4 is 10.6 Å². The summed E-state index contributed by atoms with van der Waals surface area (Å²) in [6.07, 6.45) is 1.17. The normalized spacial score (nSPS) is 23.1. The van der Waals surface area contributed by atoms with E-state index in [-0.39, 0.29) is 24.0 Å². The van der Waals surface area contributed by atoms with E-state index in [1.807, 2.05) is 11.3 Å². The zero-order valence-electron chi connectivity index (χ0n) is 16.9. The molecule has 0 amide bonds. The smallest absolute Gasteiger partial charge is 0.191 e.